The maximum absolute atomic E-state index is 12.1. The highest BCUT2D eigenvalue weighted by Gasteiger charge is 2.15. The van der Waals surface area contributed by atoms with E-state index >= 15 is 0 Å². The van der Waals surface area contributed by atoms with Crippen LogP contribution in [0.1, 0.15) is 12.0 Å². The van der Waals surface area contributed by atoms with Gasteiger partial charge in [-0.25, -0.2) is 0 Å². The van der Waals surface area contributed by atoms with Crippen LogP contribution in [0.25, 0.3) is 0 Å². The molecule has 1 aliphatic heterocycles. The molecule has 1 aliphatic rings. The largest absolute Gasteiger partial charge is 0.497 e. The normalized spacial score (nSPS) is 11.6. The molecule has 3 rings (SSSR count). The lowest BCUT2D eigenvalue weighted by Crippen LogP contribution is -2.21. The lowest BCUT2D eigenvalue weighted by Gasteiger charge is -2.12. The molecule has 0 aromatic heterocycles. The topological polar surface area (TPSA) is 92.3 Å². The summed E-state index contributed by atoms with van der Waals surface area (Å²) in [6.45, 7) is -0.186. The Hall–Kier alpha value is -3.42. The molecule has 28 heavy (non-hydrogen) atoms. The van der Waals surface area contributed by atoms with E-state index in [1.54, 1.807) is 24.3 Å². The first kappa shape index (κ1) is 19.3. The molecular formula is C20H21NO7. The van der Waals surface area contributed by atoms with Gasteiger partial charge in [0.15, 0.2) is 18.1 Å². The first-order chi connectivity index (χ1) is 13.6. The zero-order valence-electron chi connectivity index (χ0n) is 15.7. The van der Waals surface area contributed by atoms with Crippen LogP contribution in [0, 0.1) is 0 Å². The van der Waals surface area contributed by atoms with Gasteiger partial charge in [0.1, 0.15) is 11.5 Å². The summed E-state index contributed by atoms with van der Waals surface area (Å²) in [6, 6.07) is 10.5. The number of anilines is 1. The van der Waals surface area contributed by atoms with Crippen molar-refractivity contribution in [2.45, 2.75) is 12.8 Å². The number of rotatable bonds is 8. The molecular weight excluding hydrogens is 366 g/mol. The van der Waals surface area contributed by atoms with Gasteiger partial charge in [-0.3, -0.25) is 9.59 Å². The summed E-state index contributed by atoms with van der Waals surface area (Å²) >= 11 is 0. The molecule has 0 spiro atoms. The lowest BCUT2D eigenvalue weighted by molar-refractivity contribution is -0.147. The summed E-state index contributed by atoms with van der Waals surface area (Å²) in [6.07, 6.45) is 0.621. The monoisotopic (exact) mass is 387 g/mol. The van der Waals surface area contributed by atoms with E-state index in [2.05, 4.69) is 5.32 Å². The number of carbonyl (C=O) groups is 2. The predicted octanol–water partition coefficient (Wildman–Crippen LogP) is 2.55. The van der Waals surface area contributed by atoms with Gasteiger partial charge in [0.2, 0.25) is 6.79 Å². The van der Waals surface area contributed by atoms with Crippen molar-refractivity contribution in [3.05, 3.63) is 42.0 Å². The minimum Gasteiger partial charge on any atom is -0.497 e. The van der Waals surface area contributed by atoms with Crippen LogP contribution < -0.4 is 24.3 Å². The predicted molar refractivity (Wildman–Crippen MR) is 100 cm³/mol. The van der Waals surface area contributed by atoms with E-state index in [4.69, 9.17) is 23.7 Å². The summed E-state index contributed by atoms with van der Waals surface area (Å²) in [4.78, 5) is 24.0. The molecule has 2 aromatic carbocycles. The van der Waals surface area contributed by atoms with Gasteiger partial charge in [0.25, 0.3) is 5.91 Å². The van der Waals surface area contributed by atoms with Crippen molar-refractivity contribution in [1.82, 2.24) is 0 Å². The molecule has 1 heterocycles. The molecule has 0 unspecified atom stereocenters. The smallest absolute Gasteiger partial charge is 0.306 e. The van der Waals surface area contributed by atoms with Crippen molar-refractivity contribution >= 4 is 17.6 Å². The van der Waals surface area contributed by atoms with E-state index in [-0.39, 0.29) is 19.8 Å². The Bertz CT molecular complexity index is 866. The van der Waals surface area contributed by atoms with Gasteiger partial charge in [0, 0.05) is 12.5 Å². The summed E-state index contributed by atoms with van der Waals surface area (Å²) < 4.78 is 25.9. The Labute approximate surface area is 162 Å². The van der Waals surface area contributed by atoms with E-state index in [0.717, 1.165) is 5.56 Å². The molecule has 148 valence electrons. The Morgan fingerprint density at radius 1 is 1.04 bits per heavy atom. The van der Waals surface area contributed by atoms with Gasteiger partial charge >= 0.3 is 5.97 Å². The molecule has 0 fully saturated rings. The lowest BCUT2D eigenvalue weighted by atomic mass is 10.1. The Kier molecular flexibility index (Phi) is 6.21. The van der Waals surface area contributed by atoms with Crippen molar-refractivity contribution in [2.75, 3.05) is 32.9 Å². The molecule has 0 saturated carbocycles. The van der Waals surface area contributed by atoms with E-state index in [1.807, 2.05) is 12.1 Å². The molecule has 1 N–H and O–H groups in total. The number of carbonyl (C=O) groups excluding carboxylic acids is 2. The number of hydrogen-bond donors (Lipinski definition) is 1. The maximum Gasteiger partial charge on any atom is 0.306 e. The molecule has 1 amide bonds. The van der Waals surface area contributed by atoms with Crippen molar-refractivity contribution in [3.8, 4) is 23.0 Å². The minimum atomic E-state index is -0.469. The maximum atomic E-state index is 12.1. The second-order valence-corrected chi connectivity index (χ2v) is 5.96. The summed E-state index contributed by atoms with van der Waals surface area (Å²) in [5, 5.41) is 2.64. The minimum absolute atomic E-state index is 0.148. The Balaban J connectivity index is 1.46. The Morgan fingerprint density at radius 2 is 1.86 bits per heavy atom. The van der Waals surface area contributed by atoms with Gasteiger partial charge in [-0.05, 0) is 36.2 Å². The van der Waals surface area contributed by atoms with E-state index < -0.39 is 11.9 Å². The molecule has 0 aliphatic carbocycles. The van der Waals surface area contributed by atoms with Crippen molar-refractivity contribution < 1.29 is 33.3 Å². The second kappa shape index (κ2) is 8.98. The molecule has 0 radical (unpaired) electrons. The average Bonchev–Trinajstić information content (AvgIpc) is 3.18. The van der Waals surface area contributed by atoms with Crippen molar-refractivity contribution in [2.24, 2.45) is 0 Å². The zero-order valence-corrected chi connectivity index (χ0v) is 15.7. The fraction of sp³-hybridized carbons (Fsp3) is 0.300. The highest BCUT2D eigenvalue weighted by molar-refractivity contribution is 5.94. The van der Waals surface area contributed by atoms with Gasteiger partial charge in [0.05, 0.1) is 19.9 Å². The molecule has 2 aromatic rings. The first-order valence-electron chi connectivity index (χ1n) is 8.65. The van der Waals surface area contributed by atoms with Crippen LogP contribution in [0.4, 0.5) is 5.69 Å². The summed E-state index contributed by atoms with van der Waals surface area (Å²) in [7, 11) is 3.02. The second-order valence-electron chi connectivity index (χ2n) is 5.96. The number of nitrogens with one attached hydrogen (secondary N) is 1. The van der Waals surface area contributed by atoms with Crippen LogP contribution in [0.5, 0.6) is 23.0 Å². The number of aryl methyl sites for hydroxylation is 1. The fourth-order valence-electron chi connectivity index (χ4n) is 2.66. The van der Waals surface area contributed by atoms with Crippen LogP contribution in [-0.2, 0) is 20.7 Å². The standard InChI is InChI=1S/C20H21NO7/c1-24-14-5-7-16(25-2)15(10-14)21-19(22)11-26-20(23)8-4-13-3-6-17-18(9-13)28-12-27-17/h3,5-7,9-10H,4,8,11-12H2,1-2H3,(H,21,22). The number of fused-ring (bicyclic) bond motifs is 1. The van der Waals surface area contributed by atoms with Crippen molar-refractivity contribution in [1.29, 1.82) is 0 Å². The third-order valence-electron chi connectivity index (χ3n) is 4.10. The highest BCUT2D eigenvalue weighted by atomic mass is 16.7. The van der Waals surface area contributed by atoms with E-state index in [9.17, 15) is 9.59 Å². The molecule has 0 atom stereocenters. The number of esters is 1. The number of amides is 1. The third kappa shape index (κ3) is 4.85. The van der Waals surface area contributed by atoms with Crippen LogP contribution in [0.3, 0.4) is 0 Å². The number of ether oxygens (including phenoxy) is 5. The fourth-order valence-corrected chi connectivity index (χ4v) is 2.66. The first-order valence-corrected chi connectivity index (χ1v) is 8.65. The van der Waals surface area contributed by atoms with Crippen LogP contribution in [-0.4, -0.2) is 39.5 Å². The number of methoxy groups -OCH3 is 2. The molecule has 8 nitrogen and oxygen atoms in total. The quantitative estimate of drug-likeness (QED) is 0.696. The number of benzene rings is 2. The van der Waals surface area contributed by atoms with Crippen molar-refractivity contribution in [3.63, 3.8) is 0 Å². The van der Waals surface area contributed by atoms with Gasteiger partial charge < -0.3 is 29.0 Å². The number of hydrogen-bond acceptors (Lipinski definition) is 7. The van der Waals surface area contributed by atoms with E-state index in [0.29, 0.717) is 35.1 Å². The molecule has 0 bridgehead atoms. The molecule has 0 saturated heterocycles. The average molecular weight is 387 g/mol. The molecule has 8 heteroatoms. The SMILES string of the molecule is COc1ccc(OC)c(NC(=O)COC(=O)CCc2ccc3c(c2)OCO3)c1. The van der Waals surface area contributed by atoms with Gasteiger partial charge in [-0.2, -0.15) is 0 Å². The van der Waals surface area contributed by atoms with Gasteiger partial charge in [-0.15, -0.1) is 0 Å². The zero-order chi connectivity index (χ0) is 19.9. The van der Waals surface area contributed by atoms with Gasteiger partial charge in [-0.1, -0.05) is 6.07 Å². The van der Waals surface area contributed by atoms with Crippen LogP contribution in [0.2, 0.25) is 0 Å². The highest BCUT2D eigenvalue weighted by Crippen LogP contribution is 2.32. The Morgan fingerprint density at radius 3 is 2.64 bits per heavy atom. The summed E-state index contributed by atoms with van der Waals surface area (Å²) in [5.41, 5.74) is 1.36. The van der Waals surface area contributed by atoms with Crippen LogP contribution in [0.15, 0.2) is 36.4 Å². The third-order valence-corrected chi connectivity index (χ3v) is 4.10. The summed E-state index contributed by atoms with van der Waals surface area (Å²) in [5.74, 6) is 1.46. The van der Waals surface area contributed by atoms with E-state index in [1.165, 1.54) is 14.2 Å². The van der Waals surface area contributed by atoms with Crippen LogP contribution >= 0.6 is 0 Å².